The van der Waals surface area contributed by atoms with Gasteiger partial charge in [-0.3, -0.25) is 0 Å². The lowest BCUT2D eigenvalue weighted by atomic mass is 9.82. The van der Waals surface area contributed by atoms with Crippen LogP contribution in [0.2, 0.25) is 5.02 Å². The standard InChI is InChI=1S/C13H20ClFN2/c1-8(13(2,3)4)7-17-12-5-9(14)10(15)6-11(12)16/h5-6,8,17H,7,16H2,1-4H3. The summed E-state index contributed by atoms with van der Waals surface area (Å²) in [6.45, 7) is 9.48. The fourth-order valence-electron chi connectivity index (χ4n) is 1.28. The number of anilines is 2. The van der Waals surface area contributed by atoms with Gasteiger partial charge in [0.15, 0.2) is 0 Å². The van der Waals surface area contributed by atoms with E-state index in [-0.39, 0.29) is 10.4 Å². The minimum atomic E-state index is -0.487. The van der Waals surface area contributed by atoms with E-state index in [9.17, 15) is 4.39 Å². The van der Waals surface area contributed by atoms with Crippen LogP contribution in [0.4, 0.5) is 15.8 Å². The second-order valence-electron chi connectivity index (χ2n) is 5.50. The molecule has 0 spiro atoms. The first kappa shape index (κ1) is 14.1. The Balaban J connectivity index is 2.73. The van der Waals surface area contributed by atoms with Crippen LogP contribution in [0, 0.1) is 17.2 Å². The molecule has 1 aromatic rings. The van der Waals surface area contributed by atoms with Crippen molar-refractivity contribution in [1.82, 2.24) is 0 Å². The molecule has 1 atom stereocenters. The number of hydrogen-bond acceptors (Lipinski definition) is 2. The van der Waals surface area contributed by atoms with Crippen LogP contribution in [0.15, 0.2) is 12.1 Å². The molecule has 0 aliphatic heterocycles. The SMILES string of the molecule is CC(CNc1cc(Cl)c(F)cc1N)C(C)(C)C. The zero-order chi connectivity index (χ0) is 13.2. The summed E-state index contributed by atoms with van der Waals surface area (Å²) in [4.78, 5) is 0. The summed E-state index contributed by atoms with van der Waals surface area (Å²) in [5.41, 5.74) is 7.01. The predicted octanol–water partition coefficient (Wildman–Crippen LogP) is 4.16. The van der Waals surface area contributed by atoms with Gasteiger partial charge >= 0.3 is 0 Å². The maximum atomic E-state index is 13.1. The molecule has 0 aliphatic carbocycles. The maximum absolute atomic E-state index is 13.1. The number of nitrogen functional groups attached to an aromatic ring is 1. The molecule has 0 heterocycles. The van der Waals surface area contributed by atoms with Gasteiger partial charge < -0.3 is 11.1 Å². The molecular weight excluding hydrogens is 239 g/mol. The summed E-state index contributed by atoms with van der Waals surface area (Å²) in [7, 11) is 0. The van der Waals surface area contributed by atoms with Gasteiger partial charge in [0.05, 0.1) is 16.4 Å². The molecule has 0 bridgehead atoms. The molecule has 1 aromatic carbocycles. The van der Waals surface area contributed by atoms with Crippen LogP contribution in [-0.2, 0) is 0 Å². The van der Waals surface area contributed by atoms with Crippen LogP contribution in [0.3, 0.4) is 0 Å². The van der Waals surface area contributed by atoms with E-state index in [1.807, 2.05) is 0 Å². The molecule has 2 nitrogen and oxygen atoms in total. The van der Waals surface area contributed by atoms with Gasteiger partial charge in [-0.15, -0.1) is 0 Å². The van der Waals surface area contributed by atoms with Gasteiger partial charge in [-0.2, -0.15) is 0 Å². The van der Waals surface area contributed by atoms with Gasteiger partial charge in [0, 0.05) is 12.6 Å². The molecule has 0 saturated heterocycles. The number of hydrogen-bond donors (Lipinski definition) is 2. The third-order valence-corrected chi connectivity index (χ3v) is 3.46. The highest BCUT2D eigenvalue weighted by Crippen LogP contribution is 2.29. The highest BCUT2D eigenvalue weighted by Gasteiger charge is 2.19. The Bertz CT molecular complexity index is 399. The Hall–Kier alpha value is -0.960. The van der Waals surface area contributed by atoms with Crippen LogP contribution in [0.1, 0.15) is 27.7 Å². The van der Waals surface area contributed by atoms with E-state index in [1.165, 1.54) is 12.1 Å². The lowest BCUT2D eigenvalue weighted by Gasteiger charge is -2.28. The van der Waals surface area contributed by atoms with Crippen molar-refractivity contribution in [2.45, 2.75) is 27.7 Å². The third kappa shape index (κ3) is 3.77. The average Bonchev–Trinajstić information content (AvgIpc) is 2.19. The first-order valence-corrected chi connectivity index (χ1v) is 6.08. The largest absolute Gasteiger partial charge is 0.397 e. The van der Waals surface area contributed by atoms with Gasteiger partial charge in [0.1, 0.15) is 5.82 Å². The molecular formula is C13H20ClFN2. The van der Waals surface area contributed by atoms with Crippen LogP contribution in [0.25, 0.3) is 0 Å². The Morgan fingerprint density at radius 3 is 2.53 bits per heavy atom. The third-order valence-electron chi connectivity index (χ3n) is 3.17. The fraction of sp³-hybridized carbons (Fsp3) is 0.538. The monoisotopic (exact) mass is 258 g/mol. The predicted molar refractivity (Wildman–Crippen MR) is 72.9 cm³/mol. The van der Waals surface area contributed by atoms with Crippen molar-refractivity contribution < 1.29 is 4.39 Å². The number of nitrogens with two attached hydrogens (primary N) is 1. The molecule has 3 N–H and O–H groups in total. The lowest BCUT2D eigenvalue weighted by molar-refractivity contribution is 0.274. The summed E-state index contributed by atoms with van der Waals surface area (Å²) in [6.07, 6.45) is 0. The molecule has 0 radical (unpaired) electrons. The van der Waals surface area contributed by atoms with Gasteiger partial charge in [-0.05, 0) is 17.4 Å². The van der Waals surface area contributed by atoms with E-state index in [0.717, 1.165) is 6.54 Å². The van der Waals surface area contributed by atoms with Crippen LogP contribution >= 0.6 is 11.6 Å². The number of nitrogens with one attached hydrogen (secondary N) is 1. The molecule has 0 amide bonds. The first-order chi connectivity index (χ1) is 7.71. The van der Waals surface area contributed by atoms with Crippen molar-refractivity contribution in [3.8, 4) is 0 Å². The van der Waals surface area contributed by atoms with E-state index in [1.54, 1.807) is 0 Å². The second-order valence-corrected chi connectivity index (χ2v) is 5.91. The molecule has 0 aliphatic rings. The molecule has 1 rings (SSSR count). The smallest absolute Gasteiger partial charge is 0.143 e. The Morgan fingerprint density at radius 2 is 2.00 bits per heavy atom. The fourth-order valence-corrected chi connectivity index (χ4v) is 1.45. The van der Waals surface area contributed by atoms with E-state index < -0.39 is 5.82 Å². The zero-order valence-electron chi connectivity index (χ0n) is 10.8. The quantitative estimate of drug-likeness (QED) is 0.799. The average molecular weight is 259 g/mol. The Morgan fingerprint density at radius 1 is 1.41 bits per heavy atom. The topological polar surface area (TPSA) is 38.0 Å². The van der Waals surface area contributed by atoms with Crippen molar-refractivity contribution in [3.63, 3.8) is 0 Å². The molecule has 0 fully saturated rings. The molecule has 0 aromatic heterocycles. The van der Waals surface area contributed by atoms with E-state index in [4.69, 9.17) is 17.3 Å². The van der Waals surface area contributed by atoms with Gasteiger partial charge in [-0.1, -0.05) is 39.3 Å². The van der Waals surface area contributed by atoms with E-state index >= 15 is 0 Å². The van der Waals surface area contributed by atoms with E-state index in [0.29, 0.717) is 17.3 Å². The number of halogens is 2. The second kappa shape index (κ2) is 5.13. The Kier molecular flexibility index (Phi) is 4.26. The van der Waals surface area contributed by atoms with Crippen molar-refractivity contribution in [2.24, 2.45) is 11.3 Å². The molecule has 4 heteroatoms. The molecule has 0 saturated carbocycles. The summed E-state index contributed by atoms with van der Waals surface area (Å²) in [6, 6.07) is 2.77. The highest BCUT2D eigenvalue weighted by atomic mass is 35.5. The molecule has 17 heavy (non-hydrogen) atoms. The minimum absolute atomic E-state index is 0.0881. The van der Waals surface area contributed by atoms with E-state index in [2.05, 4.69) is 33.0 Å². The summed E-state index contributed by atoms with van der Waals surface area (Å²) in [5, 5.41) is 3.30. The molecule has 1 unspecified atom stereocenters. The van der Waals surface area contributed by atoms with Crippen LogP contribution in [-0.4, -0.2) is 6.54 Å². The van der Waals surface area contributed by atoms with Gasteiger partial charge in [0.2, 0.25) is 0 Å². The summed E-state index contributed by atoms with van der Waals surface area (Å²) in [5.74, 6) is -0.0238. The van der Waals surface area contributed by atoms with Crippen molar-refractivity contribution >= 4 is 23.0 Å². The van der Waals surface area contributed by atoms with Gasteiger partial charge in [0.25, 0.3) is 0 Å². The lowest BCUT2D eigenvalue weighted by Crippen LogP contribution is -2.25. The van der Waals surface area contributed by atoms with Crippen molar-refractivity contribution in [1.29, 1.82) is 0 Å². The van der Waals surface area contributed by atoms with Crippen LogP contribution in [0.5, 0.6) is 0 Å². The molecule has 96 valence electrons. The zero-order valence-corrected chi connectivity index (χ0v) is 11.5. The van der Waals surface area contributed by atoms with Crippen molar-refractivity contribution in [2.75, 3.05) is 17.6 Å². The summed E-state index contributed by atoms with van der Waals surface area (Å²) >= 11 is 5.72. The van der Waals surface area contributed by atoms with Crippen LogP contribution < -0.4 is 11.1 Å². The Labute approximate surface area is 107 Å². The van der Waals surface area contributed by atoms with Gasteiger partial charge in [-0.25, -0.2) is 4.39 Å². The normalized spacial score (nSPS) is 13.5. The summed E-state index contributed by atoms with van der Waals surface area (Å²) < 4.78 is 13.1. The van der Waals surface area contributed by atoms with Crippen molar-refractivity contribution in [3.05, 3.63) is 23.0 Å². The first-order valence-electron chi connectivity index (χ1n) is 5.70. The maximum Gasteiger partial charge on any atom is 0.143 e. The highest BCUT2D eigenvalue weighted by molar-refractivity contribution is 6.31. The number of benzene rings is 1. The number of rotatable bonds is 3. The minimum Gasteiger partial charge on any atom is -0.397 e.